The maximum atomic E-state index is 11.2. The van der Waals surface area contributed by atoms with E-state index in [1.54, 1.807) is 6.92 Å². The summed E-state index contributed by atoms with van der Waals surface area (Å²) in [5, 5.41) is 0. The van der Waals surface area contributed by atoms with Gasteiger partial charge in [-0.15, -0.1) is 6.58 Å². The van der Waals surface area contributed by atoms with Crippen LogP contribution in [-0.2, 0) is 9.53 Å². The normalized spacial score (nSPS) is 12.5. The molecule has 0 spiro atoms. The number of carbonyl (C=O) groups is 1. The minimum absolute atomic E-state index is 0.193. The first-order chi connectivity index (χ1) is 5.72. The molecule has 0 rings (SSSR count). The average molecular weight is 170 g/mol. The van der Waals surface area contributed by atoms with Crippen LogP contribution in [0.25, 0.3) is 0 Å². The second-order valence-corrected chi connectivity index (χ2v) is 2.74. The lowest BCUT2D eigenvalue weighted by molar-refractivity contribution is -0.129. The van der Waals surface area contributed by atoms with Gasteiger partial charge >= 0.3 is 0 Å². The number of rotatable bonds is 7. The van der Waals surface area contributed by atoms with Crippen molar-refractivity contribution in [1.82, 2.24) is 0 Å². The van der Waals surface area contributed by atoms with Crippen molar-refractivity contribution in [2.45, 2.75) is 39.2 Å². The quantitative estimate of drug-likeness (QED) is 0.433. The van der Waals surface area contributed by atoms with Crippen LogP contribution in [0.15, 0.2) is 12.7 Å². The molecule has 70 valence electrons. The number of ether oxygens (including phenoxy) is 1. The zero-order valence-corrected chi connectivity index (χ0v) is 8.01. The molecule has 2 nitrogen and oxygen atoms in total. The van der Waals surface area contributed by atoms with E-state index in [0.717, 1.165) is 12.8 Å². The Morgan fingerprint density at radius 2 is 2.33 bits per heavy atom. The summed E-state index contributed by atoms with van der Waals surface area (Å²) in [6, 6.07) is 0. The zero-order valence-electron chi connectivity index (χ0n) is 8.01. The molecule has 0 bridgehead atoms. The number of hydrogen-bond donors (Lipinski definition) is 0. The Morgan fingerprint density at radius 1 is 1.67 bits per heavy atom. The Kier molecular flexibility index (Phi) is 6.67. The highest BCUT2D eigenvalue weighted by molar-refractivity contribution is 5.82. The largest absolute Gasteiger partial charge is 0.371 e. The van der Waals surface area contributed by atoms with Crippen LogP contribution in [-0.4, -0.2) is 18.5 Å². The van der Waals surface area contributed by atoms with Crippen molar-refractivity contribution in [1.29, 1.82) is 0 Å². The van der Waals surface area contributed by atoms with Crippen LogP contribution in [0.1, 0.15) is 33.1 Å². The minimum Gasteiger partial charge on any atom is -0.371 e. The van der Waals surface area contributed by atoms with Gasteiger partial charge in [0.15, 0.2) is 5.78 Å². The summed E-state index contributed by atoms with van der Waals surface area (Å²) in [4.78, 5) is 11.2. The summed E-state index contributed by atoms with van der Waals surface area (Å²) in [6.07, 6.45) is 4.00. The van der Waals surface area contributed by atoms with Gasteiger partial charge in [-0.3, -0.25) is 4.79 Å². The number of unbranched alkanes of at least 4 members (excludes halogenated alkanes) is 1. The Labute approximate surface area is 74.6 Å². The number of carbonyl (C=O) groups excluding carboxylic acids is 1. The Morgan fingerprint density at radius 3 is 2.83 bits per heavy atom. The molecule has 12 heavy (non-hydrogen) atoms. The second kappa shape index (κ2) is 7.04. The predicted molar refractivity (Wildman–Crippen MR) is 50.1 cm³/mol. The maximum absolute atomic E-state index is 11.2. The summed E-state index contributed by atoms with van der Waals surface area (Å²) in [5.74, 6) is 0.193. The molecule has 1 atom stereocenters. The maximum Gasteiger partial charge on any atom is 0.161 e. The van der Waals surface area contributed by atoms with E-state index >= 15 is 0 Å². The molecule has 0 N–H and O–H groups in total. The van der Waals surface area contributed by atoms with E-state index in [9.17, 15) is 4.79 Å². The fourth-order valence-corrected chi connectivity index (χ4v) is 0.967. The van der Waals surface area contributed by atoms with Crippen molar-refractivity contribution in [2.75, 3.05) is 6.61 Å². The zero-order chi connectivity index (χ0) is 9.40. The first kappa shape index (κ1) is 11.4. The van der Waals surface area contributed by atoms with Gasteiger partial charge in [-0.25, -0.2) is 0 Å². The topological polar surface area (TPSA) is 26.3 Å². The van der Waals surface area contributed by atoms with Crippen LogP contribution in [0, 0.1) is 0 Å². The molecule has 0 aliphatic heterocycles. The molecule has 0 fully saturated rings. The average Bonchev–Trinajstić information content (AvgIpc) is 2.05. The molecule has 0 aliphatic carbocycles. The third-order valence-electron chi connectivity index (χ3n) is 1.70. The molecule has 0 aromatic rings. The van der Waals surface area contributed by atoms with Crippen LogP contribution in [0.5, 0.6) is 0 Å². The molecule has 0 aliphatic rings. The SMILES string of the molecule is C=CCCCC(=O)C(C)OCC. The molecule has 0 saturated heterocycles. The minimum atomic E-state index is -0.236. The van der Waals surface area contributed by atoms with Gasteiger partial charge in [-0.05, 0) is 26.7 Å². The van der Waals surface area contributed by atoms with Gasteiger partial charge in [0.25, 0.3) is 0 Å². The first-order valence-electron chi connectivity index (χ1n) is 4.47. The highest BCUT2D eigenvalue weighted by Crippen LogP contribution is 2.02. The van der Waals surface area contributed by atoms with Gasteiger partial charge in [-0.1, -0.05) is 6.08 Å². The molecule has 0 aromatic carbocycles. The number of Topliss-reactive ketones (excluding diaryl/α,β-unsaturated/α-hetero) is 1. The van der Waals surface area contributed by atoms with E-state index < -0.39 is 0 Å². The van der Waals surface area contributed by atoms with Crippen molar-refractivity contribution in [2.24, 2.45) is 0 Å². The van der Waals surface area contributed by atoms with Gasteiger partial charge in [-0.2, -0.15) is 0 Å². The molecule has 1 unspecified atom stereocenters. The van der Waals surface area contributed by atoms with Gasteiger partial charge < -0.3 is 4.74 Å². The van der Waals surface area contributed by atoms with E-state index in [-0.39, 0.29) is 11.9 Å². The fraction of sp³-hybridized carbons (Fsp3) is 0.700. The van der Waals surface area contributed by atoms with Crippen LogP contribution >= 0.6 is 0 Å². The predicted octanol–water partition coefficient (Wildman–Crippen LogP) is 2.34. The summed E-state index contributed by atoms with van der Waals surface area (Å²) in [5.41, 5.74) is 0. The molecule has 0 saturated carbocycles. The third kappa shape index (κ3) is 5.08. The summed E-state index contributed by atoms with van der Waals surface area (Å²) in [7, 11) is 0. The summed E-state index contributed by atoms with van der Waals surface area (Å²) >= 11 is 0. The van der Waals surface area contributed by atoms with Crippen molar-refractivity contribution in [3.63, 3.8) is 0 Å². The molecular weight excluding hydrogens is 152 g/mol. The van der Waals surface area contributed by atoms with Crippen molar-refractivity contribution in [3.05, 3.63) is 12.7 Å². The van der Waals surface area contributed by atoms with Crippen LogP contribution in [0.4, 0.5) is 0 Å². The fourth-order valence-electron chi connectivity index (χ4n) is 0.967. The Balaban J connectivity index is 3.49. The molecule has 0 radical (unpaired) electrons. The smallest absolute Gasteiger partial charge is 0.161 e. The van der Waals surface area contributed by atoms with Crippen molar-refractivity contribution >= 4 is 5.78 Å². The van der Waals surface area contributed by atoms with Crippen molar-refractivity contribution in [3.8, 4) is 0 Å². The first-order valence-corrected chi connectivity index (χ1v) is 4.47. The number of ketones is 1. The molecule has 0 amide bonds. The summed E-state index contributed by atoms with van der Waals surface area (Å²) < 4.78 is 5.16. The standard InChI is InChI=1S/C10H18O2/c1-4-6-7-8-10(11)9(3)12-5-2/h4,9H,1,5-8H2,2-3H3. The van der Waals surface area contributed by atoms with Gasteiger partial charge in [0.2, 0.25) is 0 Å². The van der Waals surface area contributed by atoms with Gasteiger partial charge in [0.05, 0.1) is 0 Å². The van der Waals surface area contributed by atoms with Crippen LogP contribution in [0.2, 0.25) is 0 Å². The molecule has 0 aromatic heterocycles. The molecular formula is C10H18O2. The van der Waals surface area contributed by atoms with E-state index in [4.69, 9.17) is 4.74 Å². The Hall–Kier alpha value is -0.630. The van der Waals surface area contributed by atoms with Crippen LogP contribution < -0.4 is 0 Å². The lowest BCUT2D eigenvalue weighted by atomic mass is 10.1. The number of hydrogen-bond acceptors (Lipinski definition) is 2. The van der Waals surface area contributed by atoms with E-state index in [0.29, 0.717) is 13.0 Å². The highest BCUT2D eigenvalue weighted by atomic mass is 16.5. The highest BCUT2D eigenvalue weighted by Gasteiger charge is 2.10. The number of allylic oxidation sites excluding steroid dienone is 1. The van der Waals surface area contributed by atoms with Crippen LogP contribution in [0.3, 0.4) is 0 Å². The van der Waals surface area contributed by atoms with Gasteiger partial charge in [0.1, 0.15) is 6.10 Å². The van der Waals surface area contributed by atoms with E-state index in [1.165, 1.54) is 0 Å². The third-order valence-corrected chi connectivity index (χ3v) is 1.70. The molecule has 0 heterocycles. The second-order valence-electron chi connectivity index (χ2n) is 2.74. The van der Waals surface area contributed by atoms with Crippen molar-refractivity contribution < 1.29 is 9.53 Å². The molecule has 2 heteroatoms. The lowest BCUT2D eigenvalue weighted by Gasteiger charge is -2.09. The van der Waals surface area contributed by atoms with E-state index in [2.05, 4.69) is 6.58 Å². The monoisotopic (exact) mass is 170 g/mol. The lowest BCUT2D eigenvalue weighted by Crippen LogP contribution is -2.20. The van der Waals surface area contributed by atoms with Gasteiger partial charge in [0, 0.05) is 13.0 Å². The van der Waals surface area contributed by atoms with E-state index in [1.807, 2.05) is 13.0 Å². The summed E-state index contributed by atoms with van der Waals surface area (Å²) in [6.45, 7) is 7.90. The Bertz CT molecular complexity index is 141.